The van der Waals surface area contributed by atoms with Gasteiger partial charge in [-0.3, -0.25) is 4.79 Å². The highest BCUT2D eigenvalue weighted by Crippen LogP contribution is 2.26. The molecule has 0 atom stereocenters. The number of likely N-dealkylation sites (tertiary alicyclic amines) is 1. The highest BCUT2D eigenvalue weighted by molar-refractivity contribution is 5.83. The molecule has 2 aromatic heterocycles. The lowest BCUT2D eigenvalue weighted by atomic mass is 10.00. The fourth-order valence-corrected chi connectivity index (χ4v) is 2.84. The number of benzene rings is 1. The minimum atomic E-state index is 0.119. The smallest absolute Gasteiger partial charge is 0.242 e. The Morgan fingerprint density at radius 1 is 1.32 bits per heavy atom. The number of amides is 1. The van der Waals surface area contributed by atoms with Gasteiger partial charge >= 0.3 is 0 Å². The van der Waals surface area contributed by atoms with E-state index in [0.717, 1.165) is 10.9 Å². The van der Waals surface area contributed by atoms with Crippen molar-refractivity contribution in [1.82, 2.24) is 19.6 Å². The number of aryl methyl sites for hydroxylation is 1. The lowest BCUT2D eigenvalue weighted by molar-refractivity contribution is -0.136. The van der Waals surface area contributed by atoms with Crippen molar-refractivity contribution in [3.05, 3.63) is 48.2 Å². The summed E-state index contributed by atoms with van der Waals surface area (Å²) in [6.07, 6.45) is 1.96. The molecule has 1 aliphatic heterocycles. The maximum atomic E-state index is 12.4. The molecule has 0 saturated carbocycles. The van der Waals surface area contributed by atoms with Crippen molar-refractivity contribution in [3.63, 3.8) is 0 Å². The third-order valence-corrected chi connectivity index (χ3v) is 4.11. The highest BCUT2D eigenvalue weighted by Gasteiger charge is 2.35. The molecular formula is C16H16N4O2. The lowest BCUT2D eigenvalue weighted by Crippen LogP contribution is -2.49. The Hall–Kier alpha value is -2.63. The predicted molar refractivity (Wildman–Crippen MR) is 80.3 cm³/mol. The number of hydrogen-bond acceptors (Lipinski definition) is 4. The van der Waals surface area contributed by atoms with Crippen LogP contribution >= 0.6 is 0 Å². The maximum Gasteiger partial charge on any atom is 0.242 e. The van der Waals surface area contributed by atoms with Gasteiger partial charge in [-0.1, -0.05) is 23.4 Å². The van der Waals surface area contributed by atoms with E-state index in [4.69, 9.17) is 4.52 Å². The van der Waals surface area contributed by atoms with Crippen molar-refractivity contribution in [2.75, 3.05) is 13.1 Å². The van der Waals surface area contributed by atoms with Crippen LogP contribution in [-0.2, 0) is 11.3 Å². The number of carbonyl (C=O) groups is 1. The zero-order chi connectivity index (χ0) is 15.1. The van der Waals surface area contributed by atoms with E-state index in [2.05, 4.69) is 10.1 Å². The molecule has 1 amide bonds. The van der Waals surface area contributed by atoms with Crippen LogP contribution in [0, 0.1) is 6.92 Å². The second-order valence-electron chi connectivity index (χ2n) is 5.68. The highest BCUT2D eigenvalue weighted by atomic mass is 16.5. The average molecular weight is 296 g/mol. The Labute approximate surface area is 127 Å². The van der Waals surface area contributed by atoms with Gasteiger partial charge in [0.2, 0.25) is 11.8 Å². The Bertz CT molecular complexity index is 829. The Balaban J connectivity index is 1.42. The van der Waals surface area contributed by atoms with Crippen molar-refractivity contribution in [1.29, 1.82) is 0 Å². The van der Waals surface area contributed by atoms with Crippen LogP contribution in [0.3, 0.4) is 0 Å². The average Bonchev–Trinajstić information content (AvgIpc) is 3.05. The largest absolute Gasteiger partial charge is 0.339 e. The molecule has 1 aliphatic rings. The first-order valence-corrected chi connectivity index (χ1v) is 7.32. The van der Waals surface area contributed by atoms with Crippen LogP contribution in [0.5, 0.6) is 0 Å². The molecule has 4 rings (SSSR count). The van der Waals surface area contributed by atoms with E-state index in [9.17, 15) is 4.79 Å². The molecule has 0 radical (unpaired) electrons. The fourth-order valence-electron chi connectivity index (χ4n) is 2.84. The van der Waals surface area contributed by atoms with Crippen molar-refractivity contribution >= 4 is 16.8 Å². The zero-order valence-electron chi connectivity index (χ0n) is 12.3. The van der Waals surface area contributed by atoms with E-state index in [1.165, 1.54) is 0 Å². The number of fused-ring (bicyclic) bond motifs is 1. The summed E-state index contributed by atoms with van der Waals surface area (Å²) in [7, 11) is 0. The summed E-state index contributed by atoms with van der Waals surface area (Å²) in [5, 5.41) is 4.94. The van der Waals surface area contributed by atoms with Crippen LogP contribution in [0.1, 0.15) is 17.6 Å². The van der Waals surface area contributed by atoms with Crippen LogP contribution in [0.15, 0.2) is 41.1 Å². The van der Waals surface area contributed by atoms with Gasteiger partial charge in [0.15, 0.2) is 5.82 Å². The van der Waals surface area contributed by atoms with Crippen molar-refractivity contribution < 1.29 is 9.32 Å². The second-order valence-corrected chi connectivity index (χ2v) is 5.68. The molecule has 1 saturated heterocycles. The summed E-state index contributed by atoms with van der Waals surface area (Å²) in [6, 6.07) is 10.1. The molecule has 0 aliphatic carbocycles. The Morgan fingerprint density at radius 2 is 2.14 bits per heavy atom. The first-order valence-electron chi connectivity index (χ1n) is 7.32. The molecule has 1 fully saturated rings. The van der Waals surface area contributed by atoms with E-state index < -0.39 is 0 Å². The van der Waals surface area contributed by atoms with Gasteiger partial charge in [-0.15, -0.1) is 0 Å². The van der Waals surface area contributed by atoms with Gasteiger partial charge in [0, 0.05) is 24.8 Å². The standard InChI is InChI=1S/C16H16N4O2/c1-11-17-16(22-18-11)13-8-20(9-13)15(21)10-19-7-6-12-4-2-3-5-14(12)19/h2-7,13H,8-10H2,1H3. The fraction of sp³-hybridized carbons (Fsp3) is 0.312. The van der Waals surface area contributed by atoms with Gasteiger partial charge < -0.3 is 14.0 Å². The summed E-state index contributed by atoms with van der Waals surface area (Å²) in [5.41, 5.74) is 1.08. The van der Waals surface area contributed by atoms with Crippen LogP contribution in [0.25, 0.3) is 10.9 Å². The molecule has 6 nitrogen and oxygen atoms in total. The Kier molecular flexibility index (Phi) is 2.96. The number of para-hydroxylation sites is 1. The zero-order valence-corrected chi connectivity index (χ0v) is 12.3. The minimum Gasteiger partial charge on any atom is -0.339 e. The molecule has 3 heterocycles. The SMILES string of the molecule is Cc1noc(C2CN(C(=O)Cn3ccc4ccccc43)C2)n1. The van der Waals surface area contributed by atoms with Gasteiger partial charge in [0.05, 0.1) is 5.92 Å². The van der Waals surface area contributed by atoms with Crippen LogP contribution in [0.2, 0.25) is 0 Å². The number of aromatic nitrogens is 3. The molecule has 0 bridgehead atoms. The van der Waals surface area contributed by atoms with Crippen LogP contribution < -0.4 is 0 Å². The van der Waals surface area contributed by atoms with Gasteiger partial charge in [0.1, 0.15) is 6.54 Å². The van der Waals surface area contributed by atoms with E-state index in [1.54, 1.807) is 6.92 Å². The Morgan fingerprint density at radius 3 is 2.91 bits per heavy atom. The molecule has 0 spiro atoms. The summed E-state index contributed by atoms with van der Waals surface area (Å²) in [6.45, 7) is 3.47. The quantitative estimate of drug-likeness (QED) is 0.741. The summed E-state index contributed by atoms with van der Waals surface area (Å²) >= 11 is 0. The van der Waals surface area contributed by atoms with Gasteiger partial charge in [0.25, 0.3) is 0 Å². The topological polar surface area (TPSA) is 64.2 Å². The lowest BCUT2D eigenvalue weighted by Gasteiger charge is -2.37. The molecular weight excluding hydrogens is 280 g/mol. The molecule has 1 aromatic carbocycles. The maximum absolute atomic E-state index is 12.4. The van der Waals surface area contributed by atoms with E-state index >= 15 is 0 Å². The second kappa shape index (κ2) is 4.98. The number of carbonyl (C=O) groups excluding carboxylic acids is 1. The molecule has 112 valence electrons. The monoisotopic (exact) mass is 296 g/mol. The summed E-state index contributed by atoms with van der Waals surface area (Å²) in [5.74, 6) is 1.56. The van der Waals surface area contributed by atoms with E-state index in [1.807, 2.05) is 46.0 Å². The summed E-state index contributed by atoms with van der Waals surface area (Å²) in [4.78, 5) is 18.4. The first-order chi connectivity index (χ1) is 10.7. The van der Waals surface area contributed by atoms with Crippen LogP contribution in [-0.4, -0.2) is 38.6 Å². The van der Waals surface area contributed by atoms with E-state index in [-0.39, 0.29) is 11.8 Å². The predicted octanol–water partition coefficient (Wildman–Crippen LogP) is 1.96. The number of nitrogens with zero attached hydrogens (tertiary/aromatic N) is 4. The molecule has 22 heavy (non-hydrogen) atoms. The normalized spacial score (nSPS) is 15.2. The van der Waals surface area contributed by atoms with Crippen molar-refractivity contribution in [2.24, 2.45) is 0 Å². The number of hydrogen-bond donors (Lipinski definition) is 0. The third-order valence-electron chi connectivity index (χ3n) is 4.11. The molecule has 0 unspecified atom stereocenters. The van der Waals surface area contributed by atoms with Gasteiger partial charge in [-0.2, -0.15) is 4.98 Å². The number of rotatable bonds is 3. The molecule has 0 N–H and O–H groups in total. The minimum absolute atomic E-state index is 0.119. The third kappa shape index (κ3) is 2.16. The van der Waals surface area contributed by atoms with Gasteiger partial charge in [-0.05, 0) is 24.4 Å². The van der Waals surface area contributed by atoms with Crippen molar-refractivity contribution in [3.8, 4) is 0 Å². The van der Waals surface area contributed by atoms with Crippen LogP contribution in [0.4, 0.5) is 0 Å². The molecule has 6 heteroatoms. The van der Waals surface area contributed by atoms with Crippen molar-refractivity contribution in [2.45, 2.75) is 19.4 Å². The van der Waals surface area contributed by atoms with E-state index in [0.29, 0.717) is 31.3 Å². The summed E-state index contributed by atoms with van der Waals surface area (Å²) < 4.78 is 7.14. The van der Waals surface area contributed by atoms with Gasteiger partial charge in [-0.25, -0.2) is 0 Å². The first kappa shape index (κ1) is 13.1. The molecule has 3 aromatic rings.